The van der Waals surface area contributed by atoms with E-state index in [4.69, 9.17) is 9.47 Å². The Kier molecular flexibility index (Phi) is 13.1. The van der Waals surface area contributed by atoms with Crippen LogP contribution in [0.5, 0.6) is 11.5 Å². The van der Waals surface area contributed by atoms with Crippen LogP contribution in [0.4, 0.5) is 40.0 Å². The second-order valence-electron chi connectivity index (χ2n) is 11.3. The smallest absolute Gasteiger partial charge is 0.325 e. The zero-order valence-corrected chi connectivity index (χ0v) is 30.1. The first kappa shape index (κ1) is 37.9. The Morgan fingerprint density at radius 3 is 2.09 bits per heavy atom. The second kappa shape index (κ2) is 18.2. The number of aromatic nitrogens is 4. The number of carbonyl (C=O) groups is 3. The summed E-state index contributed by atoms with van der Waals surface area (Å²) in [6, 6.07) is 22.4. The van der Waals surface area contributed by atoms with Crippen LogP contribution in [-0.4, -0.2) is 50.3 Å². The van der Waals surface area contributed by atoms with E-state index in [2.05, 4.69) is 40.0 Å². The number of para-hydroxylation sites is 1. The third-order valence-electron chi connectivity index (χ3n) is 6.85. The minimum absolute atomic E-state index is 0.00177. The van der Waals surface area contributed by atoms with E-state index >= 15 is 0 Å². The zero-order valence-electron chi connectivity index (χ0n) is 28.4. The van der Waals surface area contributed by atoms with Crippen molar-refractivity contribution >= 4 is 62.5 Å². The monoisotopic (exact) mass is 758 g/mol. The molecule has 0 radical (unpaired) electrons. The molecule has 0 saturated carbocycles. The fourth-order valence-electron chi connectivity index (χ4n) is 4.47. The van der Waals surface area contributed by atoms with E-state index in [0.717, 1.165) is 40.8 Å². The number of ether oxygens (including phenoxy) is 2. The molecule has 0 aliphatic rings. The lowest BCUT2D eigenvalue weighted by molar-refractivity contribution is 0.103. The summed E-state index contributed by atoms with van der Waals surface area (Å²) >= 11 is 2.08. The molecule has 0 spiro atoms. The maximum atomic E-state index is 13.7. The van der Waals surface area contributed by atoms with E-state index < -0.39 is 29.5 Å². The van der Waals surface area contributed by atoms with Crippen molar-refractivity contribution in [3.8, 4) is 22.9 Å². The highest BCUT2D eigenvalue weighted by atomic mass is 32.1. The molecule has 6 aromatic rings. The average molecular weight is 759 g/mol. The Morgan fingerprint density at radius 1 is 0.736 bits per heavy atom. The molecule has 53 heavy (non-hydrogen) atoms. The van der Waals surface area contributed by atoms with Gasteiger partial charge in [-0.3, -0.25) is 15.4 Å². The van der Waals surface area contributed by atoms with Crippen molar-refractivity contribution in [3.63, 3.8) is 0 Å². The van der Waals surface area contributed by atoms with E-state index in [1.165, 1.54) is 37.7 Å². The minimum Gasteiger partial charge on any atom is -0.496 e. The fourth-order valence-corrected chi connectivity index (χ4v) is 5.49. The first-order chi connectivity index (χ1) is 25.6. The Bertz CT molecular complexity index is 2170. The van der Waals surface area contributed by atoms with Crippen LogP contribution in [0.3, 0.4) is 0 Å². The Labute approximate surface area is 310 Å². The van der Waals surface area contributed by atoms with Gasteiger partial charge in [0.05, 0.1) is 30.7 Å². The van der Waals surface area contributed by atoms with Gasteiger partial charge in [-0.05, 0) is 48.4 Å². The van der Waals surface area contributed by atoms with Crippen molar-refractivity contribution in [2.75, 3.05) is 35.0 Å². The summed E-state index contributed by atoms with van der Waals surface area (Å²) in [6.45, 7) is 4.38. The van der Waals surface area contributed by atoms with Crippen LogP contribution in [0.15, 0.2) is 97.3 Å². The van der Waals surface area contributed by atoms with Crippen LogP contribution < -0.4 is 30.7 Å². The van der Waals surface area contributed by atoms with Gasteiger partial charge >= 0.3 is 12.1 Å². The maximum Gasteiger partial charge on any atom is 0.325 e. The Hall–Kier alpha value is -6.33. The van der Waals surface area contributed by atoms with E-state index in [-0.39, 0.29) is 28.5 Å². The number of ketones is 1. The summed E-state index contributed by atoms with van der Waals surface area (Å²) in [4.78, 5) is 45.3. The molecule has 0 unspecified atom stereocenters. The molecule has 6 rings (SSSR count). The van der Waals surface area contributed by atoms with Crippen LogP contribution in [0.25, 0.3) is 11.4 Å². The highest BCUT2D eigenvalue weighted by molar-refractivity contribution is 7.10. The van der Waals surface area contributed by atoms with Gasteiger partial charge in [0.2, 0.25) is 10.3 Å². The summed E-state index contributed by atoms with van der Waals surface area (Å²) in [7, 11) is 1.44. The highest BCUT2D eigenvalue weighted by Gasteiger charge is 2.20. The van der Waals surface area contributed by atoms with Crippen LogP contribution in [0.1, 0.15) is 29.8 Å². The number of anilines is 4. The number of carbonyl (C=O) groups excluding carboxylic acids is 3. The predicted molar refractivity (Wildman–Crippen MR) is 200 cm³/mol. The topological polar surface area (TPSA) is 169 Å². The molecule has 0 saturated heterocycles. The molecule has 4 amide bonds. The van der Waals surface area contributed by atoms with E-state index in [0.29, 0.717) is 34.1 Å². The number of rotatable bonds is 11. The number of nitrogens with zero attached hydrogens (tertiary/aromatic N) is 4. The molecule has 0 aliphatic heterocycles. The van der Waals surface area contributed by atoms with Gasteiger partial charge in [0, 0.05) is 40.3 Å². The van der Waals surface area contributed by atoms with Crippen molar-refractivity contribution < 1.29 is 32.6 Å². The van der Waals surface area contributed by atoms with Gasteiger partial charge in [0.25, 0.3) is 0 Å². The number of hydrogen-bond donors (Lipinski definition) is 4. The molecule has 0 aliphatic carbocycles. The molecule has 4 aromatic carbocycles. The molecule has 0 atom stereocenters. The number of nitrogens with one attached hydrogen (secondary N) is 4. The first-order valence-corrected chi connectivity index (χ1v) is 17.4. The number of benzene rings is 4. The Balaban J connectivity index is 0.000000204. The molecule has 4 N–H and O–H groups in total. The van der Waals surface area contributed by atoms with Crippen molar-refractivity contribution in [2.24, 2.45) is 5.92 Å². The quantitative estimate of drug-likeness (QED) is 0.0946. The van der Waals surface area contributed by atoms with Crippen molar-refractivity contribution in [2.45, 2.75) is 13.8 Å². The SMILES string of the molecule is CC(C)COc1cc(F)ccc1NC(=O)Nc1nc(-c2ccccc2)ns1.COc1ccccc1C(=O)c1cc(F)ccc1NC(=O)Nc1ncns1. The van der Waals surface area contributed by atoms with Crippen LogP contribution in [0, 0.1) is 17.6 Å². The Morgan fingerprint density at radius 2 is 1.40 bits per heavy atom. The first-order valence-electron chi connectivity index (χ1n) is 15.8. The van der Waals surface area contributed by atoms with E-state index in [9.17, 15) is 23.2 Å². The fraction of sp³-hybridized carbons (Fsp3) is 0.139. The molecular formula is C36H32F2N8O5S2. The third kappa shape index (κ3) is 10.8. The van der Waals surface area contributed by atoms with E-state index in [1.54, 1.807) is 24.3 Å². The molecule has 2 heterocycles. The molecule has 0 fully saturated rings. The van der Waals surface area contributed by atoms with Crippen molar-refractivity contribution in [1.82, 2.24) is 18.7 Å². The maximum absolute atomic E-state index is 13.7. The highest BCUT2D eigenvalue weighted by Crippen LogP contribution is 2.28. The summed E-state index contributed by atoms with van der Waals surface area (Å²) in [5.41, 5.74) is 1.66. The van der Waals surface area contributed by atoms with Gasteiger partial charge < -0.3 is 20.1 Å². The standard InChI is InChI=1S/C19H19FN4O2S.C17H13FN4O3S/c1-12(2)11-26-16-10-14(20)8-9-15(16)21-18(25)23-19-22-17(24-27-19)13-6-4-3-5-7-13;1-25-14-5-3-2-4-11(14)15(23)12-8-10(18)6-7-13(12)21-16(24)22-17-19-9-20-26-17/h3-10,12H,11H2,1-2H3,(H2,21,22,23,24,25);2-9H,1H3,(H2,19,20,21,22,24). The van der Waals surface area contributed by atoms with Crippen LogP contribution >= 0.6 is 23.1 Å². The lowest BCUT2D eigenvalue weighted by atomic mass is 10.0. The van der Waals surface area contributed by atoms with Crippen molar-refractivity contribution in [1.29, 1.82) is 0 Å². The number of halogens is 2. The van der Waals surface area contributed by atoms with Gasteiger partial charge in [-0.2, -0.15) is 13.7 Å². The largest absolute Gasteiger partial charge is 0.496 e. The summed E-state index contributed by atoms with van der Waals surface area (Å²) in [5, 5.41) is 10.9. The molecular weight excluding hydrogens is 727 g/mol. The summed E-state index contributed by atoms with van der Waals surface area (Å²) in [5.74, 6) is -0.0682. The number of methoxy groups -OCH3 is 1. The van der Waals surface area contributed by atoms with E-state index in [1.807, 2.05) is 44.2 Å². The molecule has 13 nitrogen and oxygen atoms in total. The second-order valence-corrected chi connectivity index (χ2v) is 12.8. The zero-order chi connectivity index (χ0) is 37.7. The van der Waals surface area contributed by atoms with Gasteiger partial charge in [0.15, 0.2) is 11.6 Å². The lowest BCUT2D eigenvalue weighted by Gasteiger charge is -2.14. The third-order valence-corrected chi connectivity index (χ3v) is 8.06. The molecule has 0 bridgehead atoms. The number of urea groups is 2. The van der Waals surface area contributed by atoms with Gasteiger partial charge in [-0.1, -0.05) is 56.3 Å². The normalized spacial score (nSPS) is 10.5. The van der Waals surface area contributed by atoms with Gasteiger partial charge in [-0.25, -0.2) is 23.4 Å². The summed E-state index contributed by atoms with van der Waals surface area (Å²) in [6.07, 6.45) is 1.30. The molecule has 272 valence electrons. The van der Waals surface area contributed by atoms with Gasteiger partial charge in [0.1, 0.15) is 29.5 Å². The lowest BCUT2D eigenvalue weighted by Crippen LogP contribution is -2.21. The van der Waals surface area contributed by atoms with Crippen LogP contribution in [-0.2, 0) is 0 Å². The number of hydrogen-bond acceptors (Lipinski definition) is 11. The van der Waals surface area contributed by atoms with Crippen LogP contribution in [0.2, 0.25) is 0 Å². The van der Waals surface area contributed by atoms with Crippen molar-refractivity contribution in [3.05, 3.63) is 120 Å². The summed E-state index contributed by atoms with van der Waals surface area (Å²) < 4.78 is 46.0. The predicted octanol–water partition coefficient (Wildman–Crippen LogP) is 8.58. The average Bonchev–Trinajstić information content (AvgIpc) is 3.85. The number of amides is 4. The minimum atomic E-state index is -0.623. The molecule has 2 aromatic heterocycles. The molecule has 17 heteroatoms. The van der Waals surface area contributed by atoms with Gasteiger partial charge in [-0.15, -0.1) is 0 Å².